The molecule has 1 aliphatic rings. The third-order valence-electron chi connectivity index (χ3n) is 3.80. The summed E-state index contributed by atoms with van der Waals surface area (Å²) in [6.07, 6.45) is 3.87. The van der Waals surface area contributed by atoms with Gasteiger partial charge in [-0.05, 0) is 18.2 Å². The summed E-state index contributed by atoms with van der Waals surface area (Å²) in [6.45, 7) is 3.32. The second kappa shape index (κ2) is 7.58. The van der Waals surface area contributed by atoms with Crippen LogP contribution in [0.4, 0.5) is 5.95 Å². The highest BCUT2D eigenvalue weighted by molar-refractivity contribution is 5.76. The Morgan fingerprint density at radius 3 is 2.39 bits per heavy atom. The maximum Gasteiger partial charge on any atom is 0.226 e. The first kappa shape index (κ1) is 15.3. The van der Waals surface area contributed by atoms with Crippen LogP contribution in [0.3, 0.4) is 0 Å². The number of nitrogens with zero attached hydrogens (tertiary/aromatic N) is 4. The van der Waals surface area contributed by atoms with Crippen molar-refractivity contribution in [3.05, 3.63) is 48.8 Å². The largest absolute Gasteiger partial charge is 0.493 e. The van der Waals surface area contributed by atoms with Crippen molar-refractivity contribution in [1.29, 1.82) is 0 Å². The molecule has 0 spiro atoms. The summed E-state index contributed by atoms with van der Waals surface area (Å²) >= 11 is 0. The molecular formula is C17H20N4O2. The van der Waals surface area contributed by atoms with Gasteiger partial charge in [0.1, 0.15) is 5.75 Å². The van der Waals surface area contributed by atoms with Gasteiger partial charge in [0.25, 0.3) is 0 Å². The Morgan fingerprint density at radius 2 is 1.70 bits per heavy atom. The predicted molar refractivity (Wildman–Crippen MR) is 87.4 cm³/mol. The standard InChI is InChI=1S/C17H20N4O2/c22-16(7-14-23-15-5-2-1-3-6-15)20-10-12-21(13-11-20)17-18-8-4-9-19-17/h1-6,8-9H,7,10-14H2. The van der Waals surface area contributed by atoms with Gasteiger partial charge < -0.3 is 14.5 Å². The van der Waals surface area contributed by atoms with Crippen LogP contribution in [0.25, 0.3) is 0 Å². The first-order valence-corrected chi connectivity index (χ1v) is 7.80. The second-order valence-corrected chi connectivity index (χ2v) is 5.33. The molecule has 6 heteroatoms. The number of carbonyl (C=O) groups is 1. The fourth-order valence-corrected chi connectivity index (χ4v) is 2.54. The average molecular weight is 312 g/mol. The molecule has 1 saturated heterocycles. The third kappa shape index (κ3) is 4.18. The molecule has 1 aliphatic heterocycles. The topological polar surface area (TPSA) is 58.6 Å². The number of hydrogen-bond donors (Lipinski definition) is 0. The van der Waals surface area contributed by atoms with Crippen LogP contribution in [-0.4, -0.2) is 53.6 Å². The molecule has 0 aliphatic carbocycles. The molecule has 1 amide bonds. The van der Waals surface area contributed by atoms with Crippen molar-refractivity contribution in [2.24, 2.45) is 0 Å². The molecular weight excluding hydrogens is 292 g/mol. The first-order valence-electron chi connectivity index (χ1n) is 7.80. The van der Waals surface area contributed by atoms with E-state index in [0.717, 1.165) is 24.8 Å². The minimum Gasteiger partial charge on any atom is -0.493 e. The Morgan fingerprint density at radius 1 is 1.00 bits per heavy atom. The zero-order valence-corrected chi connectivity index (χ0v) is 13.0. The number of rotatable bonds is 5. The number of hydrogen-bond acceptors (Lipinski definition) is 5. The minimum absolute atomic E-state index is 0.134. The van der Waals surface area contributed by atoms with Crippen LogP contribution in [0.5, 0.6) is 5.75 Å². The van der Waals surface area contributed by atoms with E-state index in [1.165, 1.54) is 0 Å². The van der Waals surface area contributed by atoms with E-state index in [0.29, 0.717) is 26.1 Å². The normalized spacial score (nSPS) is 14.6. The molecule has 0 atom stereocenters. The lowest BCUT2D eigenvalue weighted by Crippen LogP contribution is -2.49. The molecule has 1 aromatic heterocycles. The van der Waals surface area contributed by atoms with Crippen molar-refractivity contribution < 1.29 is 9.53 Å². The Hall–Kier alpha value is -2.63. The van der Waals surface area contributed by atoms with Gasteiger partial charge in [0.15, 0.2) is 0 Å². The smallest absolute Gasteiger partial charge is 0.226 e. The van der Waals surface area contributed by atoms with Crippen molar-refractivity contribution >= 4 is 11.9 Å². The Labute approximate surface area is 135 Å². The van der Waals surface area contributed by atoms with Gasteiger partial charge >= 0.3 is 0 Å². The van der Waals surface area contributed by atoms with Crippen molar-refractivity contribution in [2.45, 2.75) is 6.42 Å². The number of anilines is 1. The Kier molecular flexibility index (Phi) is 5.03. The molecule has 0 N–H and O–H groups in total. The van der Waals surface area contributed by atoms with Crippen LogP contribution < -0.4 is 9.64 Å². The zero-order chi connectivity index (χ0) is 15.9. The van der Waals surface area contributed by atoms with E-state index in [4.69, 9.17) is 4.74 Å². The quantitative estimate of drug-likeness (QED) is 0.839. The molecule has 2 aromatic rings. The van der Waals surface area contributed by atoms with Gasteiger partial charge in [-0.1, -0.05) is 18.2 Å². The molecule has 120 valence electrons. The van der Waals surface area contributed by atoms with Crippen molar-refractivity contribution in [2.75, 3.05) is 37.7 Å². The number of para-hydroxylation sites is 1. The first-order chi connectivity index (χ1) is 11.3. The summed E-state index contributed by atoms with van der Waals surface area (Å²) in [5.41, 5.74) is 0. The predicted octanol–water partition coefficient (Wildman–Crippen LogP) is 1.59. The lowest BCUT2D eigenvalue weighted by Gasteiger charge is -2.34. The van der Waals surface area contributed by atoms with Gasteiger partial charge in [-0.3, -0.25) is 4.79 Å². The zero-order valence-electron chi connectivity index (χ0n) is 13.0. The average Bonchev–Trinajstić information content (AvgIpc) is 2.63. The summed E-state index contributed by atoms with van der Waals surface area (Å²) in [5.74, 6) is 1.66. The van der Waals surface area contributed by atoms with Crippen LogP contribution in [0.2, 0.25) is 0 Å². The lowest BCUT2D eigenvalue weighted by atomic mass is 10.3. The number of amides is 1. The molecule has 2 heterocycles. The number of ether oxygens (including phenoxy) is 1. The molecule has 0 saturated carbocycles. The monoisotopic (exact) mass is 312 g/mol. The van der Waals surface area contributed by atoms with Crippen LogP contribution in [0.15, 0.2) is 48.8 Å². The van der Waals surface area contributed by atoms with Gasteiger partial charge in [-0.25, -0.2) is 9.97 Å². The maximum absolute atomic E-state index is 12.2. The fraction of sp³-hybridized carbons (Fsp3) is 0.353. The number of aromatic nitrogens is 2. The van der Waals surface area contributed by atoms with Crippen molar-refractivity contribution in [3.8, 4) is 5.75 Å². The molecule has 0 unspecified atom stereocenters. The molecule has 6 nitrogen and oxygen atoms in total. The van der Waals surface area contributed by atoms with Gasteiger partial charge in [0.2, 0.25) is 11.9 Å². The highest BCUT2D eigenvalue weighted by atomic mass is 16.5. The summed E-state index contributed by atoms with van der Waals surface area (Å²) in [7, 11) is 0. The SMILES string of the molecule is O=C(CCOc1ccccc1)N1CCN(c2ncccn2)CC1. The van der Waals surface area contributed by atoms with Crippen LogP contribution in [0.1, 0.15) is 6.42 Å². The number of piperazine rings is 1. The van der Waals surface area contributed by atoms with Crippen LogP contribution in [-0.2, 0) is 4.79 Å². The highest BCUT2D eigenvalue weighted by Crippen LogP contribution is 2.12. The van der Waals surface area contributed by atoms with E-state index in [1.807, 2.05) is 35.2 Å². The van der Waals surface area contributed by atoms with Crippen LogP contribution in [0, 0.1) is 0 Å². The maximum atomic E-state index is 12.2. The van der Waals surface area contributed by atoms with E-state index in [-0.39, 0.29) is 5.91 Å². The molecule has 0 radical (unpaired) electrons. The molecule has 23 heavy (non-hydrogen) atoms. The van der Waals surface area contributed by atoms with Crippen LogP contribution >= 0.6 is 0 Å². The second-order valence-electron chi connectivity index (χ2n) is 5.33. The molecule has 0 bridgehead atoms. The molecule has 1 fully saturated rings. The van der Waals surface area contributed by atoms with Crippen molar-refractivity contribution in [1.82, 2.24) is 14.9 Å². The highest BCUT2D eigenvalue weighted by Gasteiger charge is 2.22. The van der Waals surface area contributed by atoms with E-state index >= 15 is 0 Å². The third-order valence-corrected chi connectivity index (χ3v) is 3.80. The van der Waals surface area contributed by atoms with Gasteiger partial charge in [0.05, 0.1) is 13.0 Å². The summed E-state index contributed by atoms with van der Waals surface area (Å²) < 4.78 is 5.58. The van der Waals surface area contributed by atoms with Gasteiger partial charge in [0, 0.05) is 38.6 Å². The Bertz CT molecular complexity index is 613. The fourth-order valence-electron chi connectivity index (χ4n) is 2.54. The Balaban J connectivity index is 1.41. The number of carbonyl (C=O) groups excluding carboxylic acids is 1. The van der Waals surface area contributed by atoms with E-state index in [9.17, 15) is 4.79 Å². The van der Waals surface area contributed by atoms with Gasteiger partial charge in [-0.2, -0.15) is 0 Å². The minimum atomic E-state index is 0.134. The summed E-state index contributed by atoms with van der Waals surface area (Å²) in [6, 6.07) is 11.4. The van der Waals surface area contributed by atoms with Crippen molar-refractivity contribution in [3.63, 3.8) is 0 Å². The lowest BCUT2D eigenvalue weighted by molar-refractivity contribution is -0.132. The summed E-state index contributed by atoms with van der Waals surface area (Å²) in [4.78, 5) is 24.7. The molecule has 1 aromatic carbocycles. The molecule has 3 rings (SSSR count). The van der Waals surface area contributed by atoms with E-state index in [1.54, 1.807) is 18.5 Å². The van der Waals surface area contributed by atoms with E-state index < -0.39 is 0 Å². The summed E-state index contributed by atoms with van der Waals surface area (Å²) in [5, 5.41) is 0. The van der Waals surface area contributed by atoms with Gasteiger partial charge in [-0.15, -0.1) is 0 Å². The number of benzene rings is 1. The van der Waals surface area contributed by atoms with E-state index in [2.05, 4.69) is 14.9 Å².